The molecule has 2 amide bonds. The van der Waals surface area contributed by atoms with E-state index in [1.54, 1.807) is 12.1 Å². The summed E-state index contributed by atoms with van der Waals surface area (Å²) in [6.07, 6.45) is 3.41. The van der Waals surface area contributed by atoms with Gasteiger partial charge in [0.15, 0.2) is 0 Å². The fraction of sp³-hybridized carbons (Fsp3) is 0.188. The largest absolute Gasteiger partial charge is 0.368 e. The van der Waals surface area contributed by atoms with Gasteiger partial charge in [-0.3, -0.25) is 14.6 Å². The average molecular weight is 283 g/mol. The van der Waals surface area contributed by atoms with Gasteiger partial charge in [0.2, 0.25) is 5.91 Å². The fourth-order valence-electron chi connectivity index (χ4n) is 2.04. The van der Waals surface area contributed by atoms with Crippen LogP contribution in [0.5, 0.6) is 0 Å². The number of pyridine rings is 1. The smallest absolute Gasteiger partial charge is 0.252 e. The van der Waals surface area contributed by atoms with Crippen LogP contribution in [0.25, 0.3) is 0 Å². The summed E-state index contributed by atoms with van der Waals surface area (Å²) >= 11 is 0. The van der Waals surface area contributed by atoms with Crippen LogP contribution in [0, 0.1) is 6.92 Å². The first-order valence-corrected chi connectivity index (χ1v) is 6.62. The molecule has 1 atom stereocenters. The van der Waals surface area contributed by atoms with E-state index in [9.17, 15) is 9.59 Å². The van der Waals surface area contributed by atoms with E-state index in [1.165, 1.54) is 12.4 Å². The third-order valence-corrected chi connectivity index (χ3v) is 3.11. The molecular weight excluding hydrogens is 266 g/mol. The molecule has 2 rings (SSSR count). The molecule has 21 heavy (non-hydrogen) atoms. The molecule has 0 fully saturated rings. The molecule has 0 bridgehead atoms. The van der Waals surface area contributed by atoms with E-state index in [1.807, 2.05) is 31.2 Å². The number of aromatic nitrogens is 1. The van der Waals surface area contributed by atoms with Crippen molar-refractivity contribution in [2.24, 2.45) is 5.73 Å². The second kappa shape index (κ2) is 6.65. The number of amides is 2. The molecule has 0 spiro atoms. The molecule has 0 unspecified atom stereocenters. The molecule has 5 heteroatoms. The standard InChI is InChI=1S/C16H17N3O2/c1-11-3-2-4-12(9-11)10-14(15(17)20)19-16(21)13-5-7-18-8-6-13/h2-9,14H,10H2,1H3,(H2,17,20)(H,19,21)/t14-/m0/s1. The minimum Gasteiger partial charge on any atom is -0.368 e. The van der Waals surface area contributed by atoms with Gasteiger partial charge in [-0.15, -0.1) is 0 Å². The summed E-state index contributed by atoms with van der Waals surface area (Å²) in [5, 5.41) is 2.66. The van der Waals surface area contributed by atoms with E-state index in [2.05, 4.69) is 10.3 Å². The van der Waals surface area contributed by atoms with Crippen LogP contribution < -0.4 is 11.1 Å². The number of nitrogens with one attached hydrogen (secondary N) is 1. The van der Waals surface area contributed by atoms with Gasteiger partial charge in [-0.25, -0.2) is 0 Å². The summed E-state index contributed by atoms with van der Waals surface area (Å²) in [5.41, 5.74) is 7.87. The summed E-state index contributed by atoms with van der Waals surface area (Å²) < 4.78 is 0. The number of nitrogens with two attached hydrogens (primary N) is 1. The number of hydrogen-bond acceptors (Lipinski definition) is 3. The Morgan fingerprint density at radius 2 is 1.95 bits per heavy atom. The van der Waals surface area contributed by atoms with Gasteiger partial charge in [0.05, 0.1) is 0 Å². The predicted octanol–water partition coefficient (Wildman–Crippen LogP) is 1.22. The highest BCUT2D eigenvalue weighted by Crippen LogP contribution is 2.07. The maximum Gasteiger partial charge on any atom is 0.252 e. The number of rotatable bonds is 5. The Hall–Kier alpha value is -2.69. The summed E-state index contributed by atoms with van der Waals surface area (Å²) in [6, 6.07) is 10.2. The van der Waals surface area contributed by atoms with Gasteiger partial charge in [0, 0.05) is 24.4 Å². The van der Waals surface area contributed by atoms with E-state index >= 15 is 0 Å². The molecule has 108 valence electrons. The number of carbonyl (C=O) groups is 2. The van der Waals surface area contributed by atoms with Gasteiger partial charge < -0.3 is 11.1 Å². The SMILES string of the molecule is Cc1cccc(C[C@H](NC(=O)c2ccncc2)C(N)=O)c1. The normalized spacial score (nSPS) is 11.7. The summed E-state index contributed by atoms with van der Waals surface area (Å²) in [4.78, 5) is 27.5. The first kappa shape index (κ1) is 14.7. The van der Waals surface area contributed by atoms with Crippen molar-refractivity contribution in [1.29, 1.82) is 0 Å². The van der Waals surface area contributed by atoms with Crippen LogP contribution in [0.1, 0.15) is 21.5 Å². The predicted molar refractivity (Wildman–Crippen MR) is 79.6 cm³/mol. The zero-order chi connectivity index (χ0) is 15.2. The molecular formula is C16H17N3O2. The van der Waals surface area contributed by atoms with E-state index in [-0.39, 0.29) is 5.91 Å². The molecule has 0 aliphatic carbocycles. The van der Waals surface area contributed by atoms with Crippen molar-refractivity contribution < 1.29 is 9.59 Å². The van der Waals surface area contributed by atoms with E-state index in [0.29, 0.717) is 12.0 Å². The Balaban J connectivity index is 2.09. The molecule has 0 saturated carbocycles. The molecule has 0 aliphatic heterocycles. The molecule has 1 heterocycles. The van der Waals surface area contributed by atoms with Crippen molar-refractivity contribution in [1.82, 2.24) is 10.3 Å². The summed E-state index contributed by atoms with van der Waals surface area (Å²) in [5.74, 6) is -0.896. The van der Waals surface area contributed by atoms with Crippen LogP contribution in [0.4, 0.5) is 0 Å². The highest BCUT2D eigenvalue weighted by atomic mass is 16.2. The van der Waals surface area contributed by atoms with Crippen molar-refractivity contribution in [2.45, 2.75) is 19.4 Å². The highest BCUT2D eigenvalue weighted by molar-refractivity contribution is 5.97. The van der Waals surface area contributed by atoms with Crippen molar-refractivity contribution >= 4 is 11.8 Å². The molecule has 0 saturated heterocycles. The Labute approximate surface area is 123 Å². The quantitative estimate of drug-likeness (QED) is 0.865. The number of carbonyl (C=O) groups excluding carboxylic acids is 2. The second-order valence-electron chi connectivity index (χ2n) is 4.86. The van der Waals surface area contributed by atoms with Gasteiger partial charge in [-0.05, 0) is 24.6 Å². The van der Waals surface area contributed by atoms with Crippen molar-refractivity contribution in [3.8, 4) is 0 Å². The average Bonchev–Trinajstić information content (AvgIpc) is 2.47. The van der Waals surface area contributed by atoms with Crippen LogP contribution >= 0.6 is 0 Å². The van der Waals surface area contributed by atoms with Crippen molar-refractivity contribution in [3.63, 3.8) is 0 Å². The molecule has 3 N–H and O–H groups in total. The number of nitrogens with zero attached hydrogens (tertiary/aromatic N) is 1. The lowest BCUT2D eigenvalue weighted by Crippen LogP contribution is -2.45. The molecule has 2 aromatic rings. The first-order chi connectivity index (χ1) is 10.1. The van der Waals surface area contributed by atoms with Gasteiger partial charge in [-0.2, -0.15) is 0 Å². The minimum atomic E-state index is -0.743. The zero-order valence-corrected chi connectivity index (χ0v) is 11.7. The zero-order valence-electron chi connectivity index (χ0n) is 11.7. The van der Waals surface area contributed by atoms with Gasteiger partial charge in [0.25, 0.3) is 5.91 Å². The van der Waals surface area contributed by atoms with Crippen LogP contribution in [0.3, 0.4) is 0 Å². The van der Waals surface area contributed by atoms with Crippen molar-refractivity contribution in [3.05, 3.63) is 65.5 Å². The number of primary amides is 1. The lowest BCUT2D eigenvalue weighted by molar-refractivity contribution is -0.119. The molecule has 1 aromatic carbocycles. The van der Waals surface area contributed by atoms with Crippen LogP contribution in [-0.2, 0) is 11.2 Å². The maximum absolute atomic E-state index is 12.1. The monoisotopic (exact) mass is 283 g/mol. The Morgan fingerprint density at radius 3 is 2.57 bits per heavy atom. The number of aryl methyl sites for hydroxylation is 1. The molecule has 0 aliphatic rings. The second-order valence-corrected chi connectivity index (χ2v) is 4.86. The van der Waals surface area contributed by atoms with Crippen LogP contribution in [0.2, 0.25) is 0 Å². The Morgan fingerprint density at radius 1 is 1.24 bits per heavy atom. The van der Waals surface area contributed by atoms with E-state index in [0.717, 1.165) is 11.1 Å². The lowest BCUT2D eigenvalue weighted by atomic mass is 10.0. The molecule has 1 aromatic heterocycles. The molecule has 5 nitrogen and oxygen atoms in total. The molecule has 0 radical (unpaired) electrons. The maximum atomic E-state index is 12.1. The van der Waals surface area contributed by atoms with E-state index < -0.39 is 11.9 Å². The van der Waals surface area contributed by atoms with Crippen molar-refractivity contribution in [2.75, 3.05) is 0 Å². The lowest BCUT2D eigenvalue weighted by Gasteiger charge is -2.16. The van der Waals surface area contributed by atoms with Gasteiger partial charge in [0.1, 0.15) is 6.04 Å². The highest BCUT2D eigenvalue weighted by Gasteiger charge is 2.19. The third kappa shape index (κ3) is 4.14. The van der Waals surface area contributed by atoms with Gasteiger partial charge in [-0.1, -0.05) is 29.8 Å². The van der Waals surface area contributed by atoms with Crippen LogP contribution in [-0.4, -0.2) is 22.8 Å². The van der Waals surface area contributed by atoms with E-state index in [4.69, 9.17) is 5.73 Å². The number of hydrogen-bond donors (Lipinski definition) is 2. The topological polar surface area (TPSA) is 85.1 Å². The third-order valence-electron chi connectivity index (χ3n) is 3.11. The first-order valence-electron chi connectivity index (χ1n) is 6.62. The van der Waals surface area contributed by atoms with Gasteiger partial charge >= 0.3 is 0 Å². The Bertz CT molecular complexity index is 641. The summed E-state index contributed by atoms with van der Waals surface area (Å²) in [7, 11) is 0. The minimum absolute atomic E-state index is 0.339. The number of benzene rings is 1. The summed E-state index contributed by atoms with van der Waals surface area (Å²) in [6.45, 7) is 1.97. The Kier molecular flexibility index (Phi) is 4.66. The fourth-order valence-corrected chi connectivity index (χ4v) is 2.04. The van der Waals surface area contributed by atoms with Crippen LogP contribution in [0.15, 0.2) is 48.8 Å².